The summed E-state index contributed by atoms with van der Waals surface area (Å²) in [5, 5.41) is 4.01. The summed E-state index contributed by atoms with van der Waals surface area (Å²) in [5.41, 5.74) is 1.35. The van der Waals surface area contributed by atoms with Crippen LogP contribution in [0.15, 0.2) is 23.1 Å². The maximum absolute atomic E-state index is 14.4. The molecule has 0 saturated carbocycles. The van der Waals surface area contributed by atoms with E-state index >= 15 is 0 Å². The van der Waals surface area contributed by atoms with Gasteiger partial charge in [-0.15, -0.1) is 0 Å². The molecule has 152 valence electrons. The van der Waals surface area contributed by atoms with Crippen LogP contribution in [0, 0.1) is 12.7 Å². The summed E-state index contributed by atoms with van der Waals surface area (Å²) >= 11 is 1.38. The van der Waals surface area contributed by atoms with E-state index in [1.54, 1.807) is 26.2 Å². The third kappa shape index (κ3) is 3.99. The number of hydrogen-bond acceptors (Lipinski definition) is 7. The second-order valence-electron chi connectivity index (χ2n) is 6.97. The van der Waals surface area contributed by atoms with Crippen molar-refractivity contribution in [3.63, 3.8) is 0 Å². The molecule has 2 N–H and O–H groups in total. The number of aromatic nitrogens is 3. The van der Waals surface area contributed by atoms with E-state index in [-0.39, 0.29) is 22.7 Å². The largest absolute Gasteiger partial charge is 0.360 e. The summed E-state index contributed by atoms with van der Waals surface area (Å²) in [6.07, 6.45) is 1.73. The highest BCUT2D eigenvalue weighted by Gasteiger charge is 2.21. The van der Waals surface area contributed by atoms with Gasteiger partial charge in [0.2, 0.25) is 0 Å². The number of rotatable bonds is 4. The SMILES string of the molecule is CNC(=O)c1ncc(N2CCN(Cc3cc(F)c4nc(C)c(=O)[nH]c4c3)CC2)s1. The number of fused-ring (bicyclic) bond motifs is 1. The van der Waals surface area contributed by atoms with Gasteiger partial charge in [-0.25, -0.2) is 14.4 Å². The van der Waals surface area contributed by atoms with E-state index in [4.69, 9.17) is 0 Å². The van der Waals surface area contributed by atoms with Crippen LogP contribution in [0.2, 0.25) is 0 Å². The van der Waals surface area contributed by atoms with Gasteiger partial charge in [-0.05, 0) is 24.6 Å². The predicted octanol–water partition coefficient (Wildman–Crippen LogP) is 1.51. The molecule has 4 rings (SSSR count). The van der Waals surface area contributed by atoms with Crippen LogP contribution in [-0.4, -0.2) is 59.0 Å². The number of H-pyrrole nitrogens is 1. The van der Waals surface area contributed by atoms with E-state index < -0.39 is 5.82 Å². The van der Waals surface area contributed by atoms with Crippen molar-refractivity contribution in [1.82, 2.24) is 25.2 Å². The second-order valence-corrected chi connectivity index (χ2v) is 7.98. The van der Waals surface area contributed by atoms with E-state index in [0.717, 1.165) is 36.7 Å². The van der Waals surface area contributed by atoms with E-state index in [2.05, 4.69) is 30.1 Å². The average Bonchev–Trinajstić information content (AvgIpc) is 3.20. The third-order valence-electron chi connectivity index (χ3n) is 4.98. The Labute approximate surface area is 170 Å². The first kappa shape index (κ1) is 19.5. The van der Waals surface area contributed by atoms with Crippen molar-refractivity contribution in [2.75, 3.05) is 38.1 Å². The van der Waals surface area contributed by atoms with Gasteiger partial charge in [-0.3, -0.25) is 14.5 Å². The number of carbonyl (C=O) groups excluding carboxylic acids is 1. The highest BCUT2D eigenvalue weighted by atomic mass is 32.1. The normalized spacial score (nSPS) is 15.1. The van der Waals surface area contributed by atoms with Gasteiger partial charge in [0.25, 0.3) is 11.5 Å². The minimum absolute atomic E-state index is 0.180. The summed E-state index contributed by atoms with van der Waals surface area (Å²) in [4.78, 5) is 38.8. The minimum atomic E-state index is -0.429. The summed E-state index contributed by atoms with van der Waals surface area (Å²) in [6.45, 7) is 5.34. The number of amides is 1. The zero-order chi connectivity index (χ0) is 20.5. The van der Waals surface area contributed by atoms with Crippen LogP contribution in [0.25, 0.3) is 11.0 Å². The van der Waals surface area contributed by atoms with Crippen molar-refractivity contribution in [2.24, 2.45) is 0 Å². The first-order valence-electron chi connectivity index (χ1n) is 9.29. The summed E-state index contributed by atoms with van der Waals surface area (Å²) < 4.78 is 14.4. The Morgan fingerprint density at radius 3 is 2.79 bits per heavy atom. The lowest BCUT2D eigenvalue weighted by molar-refractivity contribution is 0.0962. The van der Waals surface area contributed by atoms with Crippen LogP contribution in [0.5, 0.6) is 0 Å². The number of aryl methyl sites for hydroxylation is 1. The fraction of sp³-hybridized carbons (Fsp3) is 0.368. The molecule has 0 radical (unpaired) electrons. The molecule has 0 spiro atoms. The van der Waals surface area contributed by atoms with Gasteiger partial charge in [0.15, 0.2) is 10.8 Å². The Morgan fingerprint density at radius 1 is 1.31 bits per heavy atom. The number of anilines is 1. The number of aromatic amines is 1. The van der Waals surface area contributed by atoms with E-state index in [0.29, 0.717) is 17.1 Å². The molecule has 1 amide bonds. The number of nitrogens with zero attached hydrogens (tertiary/aromatic N) is 4. The summed E-state index contributed by atoms with van der Waals surface area (Å²) in [5.74, 6) is -0.609. The molecule has 3 aromatic rings. The first-order valence-corrected chi connectivity index (χ1v) is 10.1. The molecule has 29 heavy (non-hydrogen) atoms. The Bertz CT molecular complexity index is 1120. The van der Waals surface area contributed by atoms with Crippen LogP contribution in [-0.2, 0) is 6.54 Å². The Kier molecular flexibility index (Phi) is 5.29. The van der Waals surface area contributed by atoms with E-state index in [9.17, 15) is 14.0 Å². The van der Waals surface area contributed by atoms with Gasteiger partial charge in [0, 0.05) is 39.8 Å². The standard InChI is InChI=1S/C19H21FN6O2S/c1-11-17(27)24-14-8-12(7-13(20)16(14)23-11)10-25-3-5-26(6-4-25)15-9-22-19(29-15)18(28)21-2/h7-9H,3-6,10H2,1-2H3,(H,21,28)(H,24,27). The van der Waals surface area contributed by atoms with Gasteiger partial charge in [0.1, 0.15) is 16.2 Å². The van der Waals surface area contributed by atoms with Gasteiger partial charge in [-0.2, -0.15) is 0 Å². The Hall–Kier alpha value is -2.85. The molecule has 1 aromatic carbocycles. The fourth-order valence-electron chi connectivity index (χ4n) is 3.39. The number of hydrogen-bond donors (Lipinski definition) is 2. The number of thiazole rings is 1. The molecule has 3 heterocycles. The highest BCUT2D eigenvalue weighted by molar-refractivity contribution is 7.17. The van der Waals surface area contributed by atoms with Gasteiger partial charge >= 0.3 is 0 Å². The molecule has 2 aromatic heterocycles. The predicted molar refractivity (Wildman–Crippen MR) is 110 cm³/mol. The second kappa shape index (κ2) is 7.88. The lowest BCUT2D eigenvalue weighted by Crippen LogP contribution is -2.45. The maximum Gasteiger partial charge on any atom is 0.280 e. The quantitative estimate of drug-likeness (QED) is 0.670. The lowest BCUT2D eigenvalue weighted by atomic mass is 10.1. The van der Waals surface area contributed by atoms with Crippen molar-refractivity contribution in [3.8, 4) is 0 Å². The molecule has 0 unspecified atom stereocenters. The first-order chi connectivity index (χ1) is 13.9. The number of halogens is 1. The molecular weight excluding hydrogens is 395 g/mol. The number of benzene rings is 1. The molecule has 0 aliphatic carbocycles. The zero-order valence-electron chi connectivity index (χ0n) is 16.2. The molecule has 0 atom stereocenters. The molecule has 1 aliphatic rings. The van der Waals surface area contributed by atoms with Crippen LogP contribution >= 0.6 is 11.3 Å². The third-order valence-corrected chi connectivity index (χ3v) is 6.04. The van der Waals surface area contributed by atoms with Crippen molar-refractivity contribution in [2.45, 2.75) is 13.5 Å². The van der Waals surface area contributed by atoms with Crippen molar-refractivity contribution >= 4 is 33.3 Å². The molecule has 1 saturated heterocycles. The number of nitrogens with one attached hydrogen (secondary N) is 2. The molecule has 10 heteroatoms. The van der Waals surface area contributed by atoms with Crippen molar-refractivity contribution in [3.05, 3.63) is 50.8 Å². The smallest absolute Gasteiger partial charge is 0.280 e. The average molecular weight is 416 g/mol. The molecule has 1 aliphatic heterocycles. The zero-order valence-corrected chi connectivity index (χ0v) is 17.0. The van der Waals surface area contributed by atoms with Crippen molar-refractivity contribution < 1.29 is 9.18 Å². The Morgan fingerprint density at radius 2 is 2.07 bits per heavy atom. The van der Waals surface area contributed by atoms with E-state index in [1.165, 1.54) is 17.4 Å². The molecule has 8 nitrogen and oxygen atoms in total. The lowest BCUT2D eigenvalue weighted by Gasteiger charge is -2.35. The fourth-order valence-corrected chi connectivity index (χ4v) is 4.31. The highest BCUT2D eigenvalue weighted by Crippen LogP contribution is 2.25. The molecule has 1 fully saturated rings. The molecular formula is C19H21FN6O2S. The number of piperazine rings is 1. The Balaban J connectivity index is 1.43. The van der Waals surface area contributed by atoms with E-state index in [1.807, 2.05) is 0 Å². The maximum atomic E-state index is 14.4. The van der Waals surface area contributed by atoms with Crippen LogP contribution in [0.3, 0.4) is 0 Å². The van der Waals surface area contributed by atoms with Crippen LogP contribution < -0.4 is 15.8 Å². The van der Waals surface area contributed by atoms with Crippen LogP contribution in [0.4, 0.5) is 9.39 Å². The summed E-state index contributed by atoms with van der Waals surface area (Å²) in [7, 11) is 1.59. The van der Waals surface area contributed by atoms with Gasteiger partial charge < -0.3 is 15.2 Å². The minimum Gasteiger partial charge on any atom is -0.360 e. The summed E-state index contributed by atoms with van der Waals surface area (Å²) in [6, 6.07) is 3.27. The topological polar surface area (TPSA) is 94.2 Å². The van der Waals surface area contributed by atoms with Gasteiger partial charge in [-0.1, -0.05) is 11.3 Å². The van der Waals surface area contributed by atoms with Gasteiger partial charge in [0.05, 0.1) is 11.7 Å². The number of carbonyl (C=O) groups is 1. The molecule has 0 bridgehead atoms. The van der Waals surface area contributed by atoms with Crippen molar-refractivity contribution in [1.29, 1.82) is 0 Å². The van der Waals surface area contributed by atoms with Crippen LogP contribution in [0.1, 0.15) is 21.1 Å². The monoisotopic (exact) mass is 416 g/mol.